The van der Waals surface area contributed by atoms with Crippen LogP contribution in [0.5, 0.6) is 0 Å². The van der Waals surface area contributed by atoms with Crippen molar-refractivity contribution in [2.45, 2.75) is 6.92 Å². The largest absolute Gasteiger partial charge is 0.452 e. The predicted octanol–water partition coefficient (Wildman–Crippen LogP) is -0.0247. The van der Waals surface area contributed by atoms with Crippen molar-refractivity contribution in [2.24, 2.45) is 5.92 Å². The molecule has 0 unspecified atom stereocenters. The highest BCUT2D eigenvalue weighted by molar-refractivity contribution is 5.94. The van der Waals surface area contributed by atoms with Crippen molar-refractivity contribution in [3.63, 3.8) is 0 Å². The molecular weight excluding hydrogens is 184 g/mol. The first-order chi connectivity index (χ1) is 6.63. The number of ether oxygens (including phenoxy) is 2. The third kappa shape index (κ3) is 4.18. The highest BCUT2D eigenvalue weighted by atomic mass is 16.6. The number of hydrogen-bond donors (Lipinski definition) is 0. The maximum atomic E-state index is 11.0. The molecule has 0 radical (unpaired) electrons. The highest BCUT2D eigenvalue weighted by Gasteiger charge is 2.23. The molecule has 0 rings (SSSR count). The third-order valence-electron chi connectivity index (χ3n) is 1.30. The lowest BCUT2D eigenvalue weighted by Gasteiger charge is -2.07. The van der Waals surface area contributed by atoms with Gasteiger partial charge in [0.2, 0.25) is 0 Å². The molecule has 4 heteroatoms. The fourth-order valence-corrected chi connectivity index (χ4v) is 0.572. The molecule has 0 aliphatic heterocycles. The van der Waals surface area contributed by atoms with E-state index in [0.29, 0.717) is 0 Å². The van der Waals surface area contributed by atoms with Crippen LogP contribution in [-0.2, 0) is 19.1 Å². The molecule has 0 aromatic carbocycles. The average Bonchev–Trinajstić information content (AvgIpc) is 2.21. The second-order valence-corrected chi connectivity index (χ2v) is 2.35. The second kappa shape index (κ2) is 6.56. The Morgan fingerprint density at radius 3 is 1.79 bits per heavy atom. The van der Waals surface area contributed by atoms with Crippen molar-refractivity contribution < 1.29 is 19.1 Å². The van der Waals surface area contributed by atoms with Crippen LogP contribution in [0, 0.1) is 30.6 Å². The second-order valence-electron chi connectivity index (χ2n) is 2.35. The standard InChI is InChI=1S/C10H10O4/c1-4-6-13-9(11)8(3)10(12)14-7-5-2/h1-2,8H,6-7H2,3H3. The van der Waals surface area contributed by atoms with Crippen molar-refractivity contribution in [1.82, 2.24) is 0 Å². The third-order valence-corrected chi connectivity index (χ3v) is 1.30. The number of esters is 2. The van der Waals surface area contributed by atoms with Crippen molar-refractivity contribution >= 4 is 11.9 Å². The minimum Gasteiger partial charge on any atom is -0.452 e. The summed E-state index contributed by atoms with van der Waals surface area (Å²) in [5, 5.41) is 0. The van der Waals surface area contributed by atoms with Crippen LogP contribution in [0.3, 0.4) is 0 Å². The number of rotatable bonds is 4. The number of terminal acetylenes is 2. The molecule has 0 N–H and O–H groups in total. The van der Waals surface area contributed by atoms with Gasteiger partial charge >= 0.3 is 11.9 Å². The smallest absolute Gasteiger partial charge is 0.320 e. The summed E-state index contributed by atoms with van der Waals surface area (Å²) in [4.78, 5) is 22.1. The van der Waals surface area contributed by atoms with Crippen molar-refractivity contribution in [2.75, 3.05) is 13.2 Å². The van der Waals surface area contributed by atoms with E-state index in [-0.39, 0.29) is 13.2 Å². The Morgan fingerprint density at radius 2 is 1.50 bits per heavy atom. The van der Waals surface area contributed by atoms with Crippen LogP contribution in [-0.4, -0.2) is 25.2 Å². The van der Waals surface area contributed by atoms with Gasteiger partial charge in [-0.3, -0.25) is 9.59 Å². The zero-order valence-corrected chi connectivity index (χ0v) is 7.78. The van der Waals surface area contributed by atoms with Gasteiger partial charge < -0.3 is 9.47 Å². The zero-order valence-electron chi connectivity index (χ0n) is 7.78. The predicted molar refractivity (Wildman–Crippen MR) is 48.7 cm³/mol. The van der Waals surface area contributed by atoms with E-state index in [9.17, 15) is 9.59 Å². The first-order valence-electron chi connectivity index (χ1n) is 3.83. The van der Waals surface area contributed by atoms with E-state index in [1.807, 2.05) is 0 Å². The number of hydrogen-bond acceptors (Lipinski definition) is 4. The lowest BCUT2D eigenvalue weighted by atomic mass is 10.2. The van der Waals surface area contributed by atoms with Gasteiger partial charge in [-0.25, -0.2) is 0 Å². The molecule has 0 aromatic rings. The lowest BCUT2D eigenvalue weighted by Crippen LogP contribution is -2.25. The molecule has 0 saturated heterocycles. The minimum atomic E-state index is -1.00. The molecular formula is C10H10O4. The lowest BCUT2D eigenvalue weighted by molar-refractivity contribution is -0.159. The molecule has 0 bridgehead atoms. The first-order valence-corrected chi connectivity index (χ1v) is 3.83. The molecule has 0 aliphatic rings. The van der Waals surface area contributed by atoms with Crippen molar-refractivity contribution in [3.05, 3.63) is 0 Å². The Hall–Kier alpha value is -1.94. The Kier molecular flexibility index (Phi) is 5.65. The summed E-state index contributed by atoms with van der Waals surface area (Å²) >= 11 is 0. The minimum absolute atomic E-state index is 0.161. The topological polar surface area (TPSA) is 52.6 Å². The molecule has 0 aromatic heterocycles. The SMILES string of the molecule is C#CCOC(=O)C(C)C(=O)OCC#C. The molecule has 14 heavy (non-hydrogen) atoms. The van der Waals surface area contributed by atoms with E-state index in [4.69, 9.17) is 12.8 Å². The van der Waals surface area contributed by atoms with Gasteiger partial charge in [0.1, 0.15) is 0 Å². The summed E-state index contributed by atoms with van der Waals surface area (Å²) in [6.07, 6.45) is 9.73. The molecule has 0 atom stereocenters. The Bertz CT molecular complexity index is 262. The summed E-state index contributed by atoms with van der Waals surface area (Å²) in [5.74, 6) is 1.78. The summed E-state index contributed by atoms with van der Waals surface area (Å²) in [6.45, 7) is 1.04. The van der Waals surface area contributed by atoms with Crippen LogP contribution in [0.25, 0.3) is 0 Å². The molecule has 4 nitrogen and oxygen atoms in total. The molecule has 0 aliphatic carbocycles. The van der Waals surface area contributed by atoms with Gasteiger partial charge in [-0.2, -0.15) is 0 Å². The van der Waals surface area contributed by atoms with Crippen LogP contribution in [0.4, 0.5) is 0 Å². The molecule has 74 valence electrons. The highest BCUT2D eigenvalue weighted by Crippen LogP contribution is 2.01. The summed E-state index contributed by atoms with van der Waals surface area (Å²) in [7, 11) is 0. The Morgan fingerprint density at radius 1 is 1.14 bits per heavy atom. The summed E-state index contributed by atoms with van der Waals surface area (Å²) in [5.41, 5.74) is 0. The van der Waals surface area contributed by atoms with E-state index in [1.54, 1.807) is 0 Å². The number of carbonyl (C=O) groups excluding carboxylic acids is 2. The van der Waals surface area contributed by atoms with Gasteiger partial charge in [0, 0.05) is 0 Å². The van der Waals surface area contributed by atoms with E-state index in [2.05, 4.69) is 21.3 Å². The molecule has 0 spiro atoms. The summed E-state index contributed by atoms with van der Waals surface area (Å²) in [6, 6.07) is 0. The van der Waals surface area contributed by atoms with Crippen LogP contribution in [0.2, 0.25) is 0 Å². The molecule has 0 saturated carbocycles. The summed E-state index contributed by atoms with van der Waals surface area (Å²) < 4.78 is 9.05. The molecule has 0 heterocycles. The normalized spacial score (nSPS) is 8.57. The van der Waals surface area contributed by atoms with Gasteiger partial charge in [-0.15, -0.1) is 12.8 Å². The fraction of sp³-hybridized carbons (Fsp3) is 0.400. The fourth-order valence-electron chi connectivity index (χ4n) is 0.572. The van der Waals surface area contributed by atoms with Gasteiger partial charge in [0.15, 0.2) is 19.1 Å². The van der Waals surface area contributed by atoms with Gasteiger partial charge in [-0.05, 0) is 6.92 Å². The number of carbonyl (C=O) groups is 2. The van der Waals surface area contributed by atoms with E-state index in [1.165, 1.54) is 6.92 Å². The maximum Gasteiger partial charge on any atom is 0.320 e. The van der Waals surface area contributed by atoms with E-state index in [0.717, 1.165) is 0 Å². The van der Waals surface area contributed by atoms with Crippen LogP contribution in [0.1, 0.15) is 6.92 Å². The van der Waals surface area contributed by atoms with Crippen molar-refractivity contribution in [3.8, 4) is 24.7 Å². The van der Waals surface area contributed by atoms with Crippen LogP contribution < -0.4 is 0 Å². The maximum absolute atomic E-state index is 11.0. The van der Waals surface area contributed by atoms with Gasteiger partial charge in [0.05, 0.1) is 0 Å². The molecule has 0 fully saturated rings. The average molecular weight is 194 g/mol. The van der Waals surface area contributed by atoms with E-state index < -0.39 is 17.9 Å². The van der Waals surface area contributed by atoms with Crippen molar-refractivity contribution in [1.29, 1.82) is 0 Å². The molecule has 0 amide bonds. The first kappa shape index (κ1) is 12.1. The van der Waals surface area contributed by atoms with E-state index >= 15 is 0 Å². The monoisotopic (exact) mass is 194 g/mol. The van der Waals surface area contributed by atoms with Crippen LogP contribution in [0.15, 0.2) is 0 Å². The van der Waals surface area contributed by atoms with Gasteiger partial charge in [0.25, 0.3) is 0 Å². The van der Waals surface area contributed by atoms with Crippen LogP contribution >= 0.6 is 0 Å². The Labute approximate surface area is 82.6 Å². The zero-order chi connectivity index (χ0) is 11.0. The van der Waals surface area contributed by atoms with Gasteiger partial charge in [-0.1, -0.05) is 11.8 Å². The quantitative estimate of drug-likeness (QED) is 0.358. The Balaban J connectivity index is 4.00.